The van der Waals surface area contributed by atoms with Crippen LogP contribution in [0.3, 0.4) is 0 Å². The van der Waals surface area contributed by atoms with Crippen molar-refractivity contribution in [3.05, 3.63) is 35.4 Å². The maximum absolute atomic E-state index is 11.6. The molecule has 0 bridgehead atoms. The van der Waals surface area contributed by atoms with E-state index in [-0.39, 0.29) is 17.5 Å². The first kappa shape index (κ1) is 16.6. The zero-order chi connectivity index (χ0) is 15.1. The molecule has 110 valence electrons. The van der Waals surface area contributed by atoms with Gasteiger partial charge < -0.3 is 5.32 Å². The van der Waals surface area contributed by atoms with Crippen LogP contribution in [-0.4, -0.2) is 17.6 Å². The average molecular weight is 275 g/mol. The van der Waals surface area contributed by atoms with Crippen molar-refractivity contribution in [2.24, 2.45) is 5.92 Å². The molecule has 3 heteroatoms. The Morgan fingerprint density at radius 3 is 2.05 bits per heavy atom. The van der Waals surface area contributed by atoms with Crippen molar-refractivity contribution in [3.63, 3.8) is 0 Å². The molecule has 0 fully saturated rings. The molecule has 1 N–H and O–H groups in total. The van der Waals surface area contributed by atoms with Gasteiger partial charge in [-0.05, 0) is 17.5 Å². The molecule has 3 nitrogen and oxygen atoms in total. The largest absolute Gasteiger partial charge is 0.310 e. The lowest BCUT2D eigenvalue weighted by Crippen LogP contribution is -2.21. The van der Waals surface area contributed by atoms with Crippen molar-refractivity contribution in [1.29, 1.82) is 0 Å². The zero-order valence-electron chi connectivity index (χ0n) is 12.9. The highest BCUT2D eigenvalue weighted by Gasteiger charge is 2.16. The molecule has 20 heavy (non-hydrogen) atoms. The summed E-state index contributed by atoms with van der Waals surface area (Å²) in [5.41, 5.74) is 2.33. The Bertz CT molecular complexity index is 447. The van der Waals surface area contributed by atoms with E-state index in [0.29, 0.717) is 18.9 Å². The van der Waals surface area contributed by atoms with E-state index in [9.17, 15) is 9.59 Å². The Hall–Kier alpha value is -1.48. The summed E-state index contributed by atoms with van der Waals surface area (Å²) in [4.78, 5) is 23.2. The van der Waals surface area contributed by atoms with Crippen LogP contribution in [0, 0.1) is 5.92 Å². The Balaban J connectivity index is 2.46. The number of benzene rings is 1. The van der Waals surface area contributed by atoms with Gasteiger partial charge in [-0.1, -0.05) is 52.0 Å². The van der Waals surface area contributed by atoms with Crippen LogP contribution in [0.15, 0.2) is 24.3 Å². The molecule has 1 rings (SSSR count). The zero-order valence-corrected chi connectivity index (χ0v) is 12.9. The summed E-state index contributed by atoms with van der Waals surface area (Å²) in [6, 6.07) is 8.67. The molecule has 0 saturated carbocycles. The van der Waals surface area contributed by atoms with Gasteiger partial charge in [-0.25, -0.2) is 0 Å². The second-order valence-corrected chi connectivity index (χ2v) is 5.79. The van der Waals surface area contributed by atoms with Crippen LogP contribution in [0.25, 0.3) is 0 Å². The van der Waals surface area contributed by atoms with E-state index in [1.807, 2.05) is 12.1 Å². The summed E-state index contributed by atoms with van der Waals surface area (Å²) in [5, 5.41) is 3.36. The smallest absolute Gasteiger partial charge is 0.200 e. The van der Waals surface area contributed by atoms with Gasteiger partial charge in [0, 0.05) is 24.9 Å². The third-order valence-electron chi connectivity index (χ3n) is 3.18. The topological polar surface area (TPSA) is 46.2 Å². The number of hydrogen-bond acceptors (Lipinski definition) is 3. The third kappa shape index (κ3) is 5.66. The van der Waals surface area contributed by atoms with Gasteiger partial charge in [0.05, 0.1) is 0 Å². The van der Waals surface area contributed by atoms with Crippen LogP contribution in [0.5, 0.6) is 0 Å². The summed E-state index contributed by atoms with van der Waals surface area (Å²) in [6.45, 7) is 8.60. The Kier molecular flexibility index (Phi) is 6.59. The molecule has 1 aromatic carbocycles. The monoisotopic (exact) mass is 275 g/mol. The number of aryl methyl sites for hydroxylation is 1. The minimum absolute atomic E-state index is 0.202. The fourth-order valence-electron chi connectivity index (χ4n) is 1.85. The molecule has 0 aliphatic heterocycles. The molecule has 0 spiro atoms. The van der Waals surface area contributed by atoms with Crippen molar-refractivity contribution in [2.45, 2.75) is 53.1 Å². The normalized spacial score (nSPS) is 11.1. The highest BCUT2D eigenvalue weighted by molar-refractivity contribution is 6.37. The molecule has 0 atom stereocenters. The molecule has 0 saturated heterocycles. The van der Waals surface area contributed by atoms with Gasteiger partial charge in [0.1, 0.15) is 0 Å². The van der Waals surface area contributed by atoms with Gasteiger partial charge in [0.25, 0.3) is 0 Å². The number of ketones is 2. The molecule has 0 heterocycles. The second-order valence-electron chi connectivity index (χ2n) is 5.79. The SMILES string of the molecule is CC(C)NCc1ccc(CCC(=O)C(=O)C(C)C)cc1. The van der Waals surface area contributed by atoms with Gasteiger partial charge in [-0.2, -0.15) is 0 Å². The third-order valence-corrected chi connectivity index (χ3v) is 3.18. The molecule has 0 amide bonds. The predicted octanol–water partition coefficient (Wildman–Crippen LogP) is 2.91. The summed E-state index contributed by atoms with van der Waals surface area (Å²) < 4.78 is 0. The maximum atomic E-state index is 11.6. The molecule has 0 aliphatic carbocycles. The molecule has 1 aromatic rings. The van der Waals surface area contributed by atoms with Gasteiger partial charge >= 0.3 is 0 Å². The first-order chi connectivity index (χ1) is 9.40. The van der Waals surface area contributed by atoms with Crippen molar-refractivity contribution in [2.75, 3.05) is 0 Å². The van der Waals surface area contributed by atoms with Gasteiger partial charge in [-0.3, -0.25) is 9.59 Å². The van der Waals surface area contributed by atoms with Gasteiger partial charge in [-0.15, -0.1) is 0 Å². The lowest BCUT2D eigenvalue weighted by molar-refractivity contribution is -0.138. The van der Waals surface area contributed by atoms with E-state index >= 15 is 0 Å². The Morgan fingerprint density at radius 1 is 1.00 bits per heavy atom. The van der Waals surface area contributed by atoms with Crippen LogP contribution < -0.4 is 5.32 Å². The fourth-order valence-corrected chi connectivity index (χ4v) is 1.85. The van der Waals surface area contributed by atoms with Gasteiger partial charge in [0.2, 0.25) is 5.78 Å². The van der Waals surface area contributed by atoms with Crippen molar-refractivity contribution in [1.82, 2.24) is 5.32 Å². The highest BCUT2D eigenvalue weighted by atomic mass is 16.2. The minimum Gasteiger partial charge on any atom is -0.310 e. The van der Waals surface area contributed by atoms with Crippen LogP contribution in [-0.2, 0) is 22.6 Å². The van der Waals surface area contributed by atoms with E-state index in [0.717, 1.165) is 12.1 Å². The molecule has 0 radical (unpaired) electrons. The minimum atomic E-state index is -0.261. The van der Waals surface area contributed by atoms with Crippen LogP contribution in [0.2, 0.25) is 0 Å². The first-order valence-corrected chi connectivity index (χ1v) is 7.28. The molecule has 0 unspecified atom stereocenters. The maximum Gasteiger partial charge on any atom is 0.200 e. The van der Waals surface area contributed by atoms with Crippen molar-refractivity contribution < 1.29 is 9.59 Å². The number of carbonyl (C=O) groups is 2. The van der Waals surface area contributed by atoms with Gasteiger partial charge in [0.15, 0.2) is 5.78 Å². The van der Waals surface area contributed by atoms with E-state index < -0.39 is 0 Å². The quantitative estimate of drug-likeness (QED) is 0.742. The van der Waals surface area contributed by atoms with E-state index in [4.69, 9.17) is 0 Å². The number of carbonyl (C=O) groups excluding carboxylic acids is 2. The van der Waals surface area contributed by atoms with Crippen LogP contribution in [0.4, 0.5) is 0 Å². The Labute approximate surface area is 121 Å². The molecule has 0 aromatic heterocycles. The van der Waals surface area contributed by atoms with E-state index in [1.165, 1.54) is 5.56 Å². The first-order valence-electron chi connectivity index (χ1n) is 7.28. The van der Waals surface area contributed by atoms with Crippen molar-refractivity contribution in [3.8, 4) is 0 Å². The van der Waals surface area contributed by atoms with Crippen LogP contribution >= 0.6 is 0 Å². The summed E-state index contributed by atoms with van der Waals surface area (Å²) in [7, 11) is 0. The average Bonchev–Trinajstić information content (AvgIpc) is 2.42. The van der Waals surface area contributed by atoms with Crippen LogP contribution in [0.1, 0.15) is 45.2 Å². The second kappa shape index (κ2) is 7.95. The number of rotatable bonds is 8. The summed E-state index contributed by atoms with van der Waals surface area (Å²) >= 11 is 0. The molecular weight excluding hydrogens is 250 g/mol. The summed E-state index contributed by atoms with van der Waals surface area (Å²) in [5.74, 6) is -0.722. The van der Waals surface area contributed by atoms with E-state index in [1.54, 1.807) is 13.8 Å². The fraction of sp³-hybridized carbons (Fsp3) is 0.529. The van der Waals surface area contributed by atoms with Crippen molar-refractivity contribution >= 4 is 11.6 Å². The standard InChI is InChI=1S/C17H25NO2/c1-12(2)17(20)16(19)10-9-14-5-7-15(8-6-14)11-18-13(3)4/h5-8,12-13,18H,9-11H2,1-4H3. The number of Topliss-reactive ketones (excluding diaryl/α,β-unsaturated/α-hetero) is 2. The molecule has 0 aliphatic rings. The summed E-state index contributed by atoms with van der Waals surface area (Å²) in [6.07, 6.45) is 0.940. The highest BCUT2D eigenvalue weighted by Crippen LogP contribution is 2.08. The number of hydrogen-bond donors (Lipinski definition) is 1. The van der Waals surface area contributed by atoms with E-state index in [2.05, 4.69) is 31.3 Å². The molecular formula is C17H25NO2. The predicted molar refractivity (Wildman–Crippen MR) is 81.6 cm³/mol. The Morgan fingerprint density at radius 2 is 1.55 bits per heavy atom. The number of nitrogens with one attached hydrogen (secondary N) is 1. The lowest BCUT2D eigenvalue weighted by atomic mass is 9.99. The lowest BCUT2D eigenvalue weighted by Gasteiger charge is -2.09.